The predicted molar refractivity (Wildman–Crippen MR) is 90.1 cm³/mol. The van der Waals surface area contributed by atoms with Crippen molar-refractivity contribution < 1.29 is 14.6 Å². The number of fused-ring (bicyclic) bond motifs is 1. The van der Waals surface area contributed by atoms with Crippen LogP contribution < -0.4 is 17.0 Å². The van der Waals surface area contributed by atoms with Gasteiger partial charge in [-0.1, -0.05) is 6.92 Å². The Morgan fingerprint density at radius 3 is 2.72 bits per heavy atom. The normalized spacial score (nSPS) is 13.8. The van der Waals surface area contributed by atoms with E-state index in [9.17, 15) is 14.4 Å². The minimum absolute atomic E-state index is 0.0360. The van der Waals surface area contributed by atoms with Gasteiger partial charge in [0.25, 0.3) is 5.56 Å². The summed E-state index contributed by atoms with van der Waals surface area (Å²) in [5.74, 6) is -1.07. The lowest BCUT2D eigenvalue weighted by atomic mass is 10.0. The quantitative estimate of drug-likeness (QED) is 0.573. The van der Waals surface area contributed by atoms with E-state index in [0.717, 1.165) is 4.57 Å². The van der Waals surface area contributed by atoms with E-state index in [1.54, 1.807) is 13.8 Å². The number of esters is 1. The molecular formula is C15H23N5O5. The van der Waals surface area contributed by atoms with Gasteiger partial charge in [0, 0.05) is 26.1 Å². The van der Waals surface area contributed by atoms with E-state index in [4.69, 9.17) is 15.6 Å². The number of carbonyl (C=O) groups excluding carboxylic acids is 1. The van der Waals surface area contributed by atoms with E-state index in [0.29, 0.717) is 0 Å². The van der Waals surface area contributed by atoms with Gasteiger partial charge in [0.05, 0.1) is 19.5 Å². The van der Waals surface area contributed by atoms with Crippen molar-refractivity contribution in [1.29, 1.82) is 0 Å². The highest BCUT2D eigenvalue weighted by Gasteiger charge is 2.25. The third-order valence-electron chi connectivity index (χ3n) is 4.08. The van der Waals surface area contributed by atoms with E-state index in [1.165, 1.54) is 22.5 Å². The van der Waals surface area contributed by atoms with Crippen molar-refractivity contribution in [1.82, 2.24) is 18.7 Å². The van der Waals surface area contributed by atoms with Gasteiger partial charge in [0.1, 0.15) is 6.04 Å². The Kier molecular flexibility index (Phi) is 5.75. The average Bonchev–Trinajstić information content (AvgIpc) is 3.00. The second-order valence-corrected chi connectivity index (χ2v) is 5.85. The summed E-state index contributed by atoms with van der Waals surface area (Å²) in [6, 6.07) is -0.949. The summed E-state index contributed by atoms with van der Waals surface area (Å²) in [6.45, 7) is 3.52. The molecule has 0 amide bonds. The number of carbonyl (C=O) groups is 1. The fourth-order valence-corrected chi connectivity index (χ4v) is 2.63. The van der Waals surface area contributed by atoms with Crippen LogP contribution in [0.2, 0.25) is 0 Å². The first-order chi connectivity index (χ1) is 11.8. The number of nitrogens with zero attached hydrogens (tertiary/aromatic N) is 4. The fraction of sp³-hybridized carbons (Fsp3) is 0.600. The maximum atomic E-state index is 12.8. The van der Waals surface area contributed by atoms with Crippen LogP contribution in [0.4, 0.5) is 0 Å². The van der Waals surface area contributed by atoms with Crippen LogP contribution in [-0.4, -0.2) is 49.0 Å². The van der Waals surface area contributed by atoms with Gasteiger partial charge < -0.3 is 20.1 Å². The molecule has 2 aromatic rings. The van der Waals surface area contributed by atoms with Crippen LogP contribution in [0.15, 0.2) is 15.9 Å². The number of ether oxygens (including phenoxy) is 1. The molecule has 10 nitrogen and oxygen atoms in total. The lowest BCUT2D eigenvalue weighted by molar-refractivity contribution is -0.146. The Hall–Kier alpha value is -2.46. The molecule has 2 aromatic heterocycles. The number of imidazole rings is 1. The molecule has 0 aromatic carbocycles. The Labute approximate surface area is 143 Å². The molecule has 2 rings (SSSR count). The first-order valence-electron chi connectivity index (χ1n) is 8.01. The maximum Gasteiger partial charge on any atom is 0.332 e. The molecule has 25 heavy (non-hydrogen) atoms. The molecule has 0 radical (unpaired) electrons. The number of aryl methyl sites for hydroxylation is 1. The van der Waals surface area contributed by atoms with Gasteiger partial charge in [-0.15, -0.1) is 0 Å². The number of hydrogen-bond acceptors (Lipinski definition) is 7. The first kappa shape index (κ1) is 18.9. The van der Waals surface area contributed by atoms with Crippen LogP contribution >= 0.6 is 0 Å². The van der Waals surface area contributed by atoms with Crippen LogP contribution in [0.5, 0.6) is 0 Å². The molecule has 138 valence electrons. The smallest absolute Gasteiger partial charge is 0.332 e. The number of nitrogens with two attached hydrogens (primary N) is 1. The van der Waals surface area contributed by atoms with Gasteiger partial charge in [-0.3, -0.25) is 18.7 Å². The van der Waals surface area contributed by atoms with E-state index in [-0.39, 0.29) is 37.5 Å². The molecule has 2 atom stereocenters. The Morgan fingerprint density at radius 1 is 1.44 bits per heavy atom. The summed E-state index contributed by atoms with van der Waals surface area (Å²) < 4.78 is 8.66. The highest BCUT2D eigenvalue weighted by atomic mass is 16.5. The van der Waals surface area contributed by atoms with Crippen molar-refractivity contribution in [3.8, 4) is 0 Å². The molecule has 0 aliphatic heterocycles. The van der Waals surface area contributed by atoms with Crippen molar-refractivity contribution in [3.63, 3.8) is 0 Å². The minimum atomic E-state index is -0.949. The monoisotopic (exact) mass is 353 g/mol. The Morgan fingerprint density at radius 2 is 2.12 bits per heavy atom. The molecule has 0 saturated carbocycles. The van der Waals surface area contributed by atoms with E-state index in [2.05, 4.69) is 4.98 Å². The van der Waals surface area contributed by atoms with Gasteiger partial charge >= 0.3 is 11.7 Å². The molecule has 10 heteroatoms. The summed E-state index contributed by atoms with van der Waals surface area (Å²) in [5.41, 5.74) is 5.23. The number of aliphatic hydroxyl groups is 1. The highest BCUT2D eigenvalue weighted by Crippen LogP contribution is 2.08. The molecular weight excluding hydrogens is 330 g/mol. The molecule has 0 saturated heterocycles. The van der Waals surface area contributed by atoms with E-state index >= 15 is 0 Å². The van der Waals surface area contributed by atoms with Gasteiger partial charge in [0.2, 0.25) is 0 Å². The van der Waals surface area contributed by atoms with Crippen LogP contribution in [0.1, 0.15) is 13.8 Å². The van der Waals surface area contributed by atoms with E-state index in [1.807, 2.05) is 0 Å². The molecule has 0 aliphatic rings. The molecule has 1 unspecified atom stereocenters. The first-order valence-corrected chi connectivity index (χ1v) is 8.01. The molecule has 3 N–H and O–H groups in total. The second-order valence-electron chi connectivity index (χ2n) is 5.85. The summed E-state index contributed by atoms with van der Waals surface area (Å²) in [6.07, 6.45) is 1.40. The highest BCUT2D eigenvalue weighted by molar-refractivity contribution is 5.75. The standard InChI is InChI=1S/C15H23N5O5/c1-4-25-14(23)10(16)9(2)7-20-13(22)11-12(18(3)15(20)24)17-8-19(11)5-6-21/h8-10,21H,4-7,16H2,1-3H3/t9?,10-/m0/s1. The molecule has 0 fully saturated rings. The van der Waals surface area contributed by atoms with Crippen LogP contribution in [0.3, 0.4) is 0 Å². The Bertz CT molecular complexity index is 881. The lowest BCUT2D eigenvalue weighted by Gasteiger charge is -2.19. The van der Waals surface area contributed by atoms with Gasteiger partial charge in [0.15, 0.2) is 11.2 Å². The van der Waals surface area contributed by atoms with Crippen molar-refractivity contribution >= 4 is 17.1 Å². The van der Waals surface area contributed by atoms with Gasteiger partial charge in [-0.05, 0) is 6.92 Å². The SMILES string of the molecule is CCOC(=O)[C@@H](N)C(C)Cn1c(=O)c2c(ncn2CCO)n(C)c1=O. The van der Waals surface area contributed by atoms with Crippen molar-refractivity contribution in [2.75, 3.05) is 13.2 Å². The van der Waals surface area contributed by atoms with E-state index < -0.39 is 29.2 Å². The lowest BCUT2D eigenvalue weighted by Crippen LogP contribution is -2.46. The van der Waals surface area contributed by atoms with Crippen molar-refractivity contribution in [3.05, 3.63) is 27.2 Å². The minimum Gasteiger partial charge on any atom is -0.465 e. The molecule has 0 bridgehead atoms. The van der Waals surface area contributed by atoms with Crippen LogP contribution in [-0.2, 0) is 29.7 Å². The number of aliphatic hydroxyl groups excluding tert-OH is 1. The maximum absolute atomic E-state index is 12.8. The molecule has 2 heterocycles. The van der Waals surface area contributed by atoms with Crippen LogP contribution in [0, 0.1) is 5.92 Å². The summed E-state index contributed by atoms with van der Waals surface area (Å²) in [7, 11) is 1.51. The largest absolute Gasteiger partial charge is 0.465 e. The third-order valence-corrected chi connectivity index (χ3v) is 4.08. The molecule has 0 spiro atoms. The number of rotatable bonds is 7. The van der Waals surface area contributed by atoms with Gasteiger partial charge in [-0.25, -0.2) is 9.78 Å². The molecule has 0 aliphatic carbocycles. The second kappa shape index (κ2) is 7.62. The van der Waals surface area contributed by atoms with Crippen LogP contribution in [0.25, 0.3) is 11.2 Å². The van der Waals surface area contributed by atoms with Crippen molar-refractivity contribution in [2.45, 2.75) is 33.0 Å². The zero-order chi connectivity index (χ0) is 18.7. The predicted octanol–water partition coefficient (Wildman–Crippen LogP) is -1.58. The van der Waals surface area contributed by atoms with Gasteiger partial charge in [-0.2, -0.15) is 0 Å². The third kappa shape index (κ3) is 3.49. The number of aromatic nitrogens is 4. The summed E-state index contributed by atoms with van der Waals surface area (Å²) in [5, 5.41) is 9.12. The fourth-order valence-electron chi connectivity index (χ4n) is 2.63. The van der Waals surface area contributed by atoms with Crippen molar-refractivity contribution in [2.24, 2.45) is 18.7 Å². The topological polar surface area (TPSA) is 134 Å². The zero-order valence-electron chi connectivity index (χ0n) is 14.5. The average molecular weight is 353 g/mol. The number of hydrogen-bond donors (Lipinski definition) is 2. The Balaban J connectivity index is 2.47. The summed E-state index contributed by atoms with van der Waals surface area (Å²) in [4.78, 5) is 41.1. The summed E-state index contributed by atoms with van der Waals surface area (Å²) >= 11 is 0. The zero-order valence-corrected chi connectivity index (χ0v) is 14.5.